The van der Waals surface area contributed by atoms with Gasteiger partial charge in [-0.3, -0.25) is 4.68 Å². The van der Waals surface area contributed by atoms with Crippen molar-refractivity contribution in [2.75, 3.05) is 6.54 Å². The SMILES string of the molecule is Cn1nc(F)c2c([C@@H](O)CNC(C)(C)C)cccc21. The van der Waals surface area contributed by atoms with Crippen LogP contribution >= 0.6 is 0 Å². The van der Waals surface area contributed by atoms with Crippen LogP contribution in [-0.2, 0) is 7.05 Å². The average molecular weight is 265 g/mol. The van der Waals surface area contributed by atoms with Crippen LogP contribution in [0.3, 0.4) is 0 Å². The lowest BCUT2D eigenvalue weighted by Crippen LogP contribution is -2.38. The number of nitrogens with zero attached hydrogens (tertiary/aromatic N) is 2. The Morgan fingerprint density at radius 3 is 2.74 bits per heavy atom. The van der Waals surface area contributed by atoms with Crippen molar-refractivity contribution >= 4 is 10.9 Å². The van der Waals surface area contributed by atoms with Crippen LogP contribution in [0.15, 0.2) is 18.2 Å². The molecule has 1 heterocycles. The van der Waals surface area contributed by atoms with Gasteiger partial charge >= 0.3 is 0 Å². The van der Waals surface area contributed by atoms with Gasteiger partial charge < -0.3 is 10.4 Å². The van der Waals surface area contributed by atoms with Crippen LogP contribution in [0.2, 0.25) is 0 Å². The molecule has 0 bridgehead atoms. The van der Waals surface area contributed by atoms with Gasteiger partial charge in [0, 0.05) is 19.1 Å². The molecule has 0 radical (unpaired) electrons. The normalized spacial score (nSPS) is 14.0. The van der Waals surface area contributed by atoms with E-state index < -0.39 is 12.1 Å². The Bertz CT molecular complexity index is 586. The molecule has 1 aromatic heterocycles. The van der Waals surface area contributed by atoms with Gasteiger partial charge in [0.2, 0.25) is 5.95 Å². The number of aromatic nitrogens is 2. The number of aliphatic hydroxyl groups excluding tert-OH is 1. The van der Waals surface area contributed by atoms with E-state index in [2.05, 4.69) is 10.4 Å². The molecular weight excluding hydrogens is 245 g/mol. The fourth-order valence-corrected chi connectivity index (χ4v) is 2.08. The van der Waals surface area contributed by atoms with Crippen LogP contribution in [0.4, 0.5) is 4.39 Å². The largest absolute Gasteiger partial charge is 0.387 e. The second kappa shape index (κ2) is 4.90. The molecule has 0 saturated heterocycles. The first-order valence-electron chi connectivity index (χ1n) is 6.34. The number of nitrogens with one attached hydrogen (secondary N) is 1. The van der Waals surface area contributed by atoms with Crippen molar-refractivity contribution in [2.24, 2.45) is 7.05 Å². The molecule has 0 unspecified atom stereocenters. The molecule has 0 aliphatic carbocycles. The minimum Gasteiger partial charge on any atom is -0.387 e. The van der Waals surface area contributed by atoms with E-state index in [-0.39, 0.29) is 5.54 Å². The van der Waals surface area contributed by atoms with E-state index in [1.807, 2.05) is 20.8 Å². The highest BCUT2D eigenvalue weighted by Crippen LogP contribution is 2.26. The summed E-state index contributed by atoms with van der Waals surface area (Å²) < 4.78 is 15.3. The van der Waals surface area contributed by atoms with E-state index >= 15 is 0 Å². The quantitative estimate of drug-likeness (QED) is 0.894. The Morgan fingerprint density at radius 1 is 1.42 bits per heavy atom. The number of fused-ring (bicyclic) bond motifs is 1. The Kier molecular flexibility index (Phi) is 3.60. The zero-order chi connectivity index (χ0) is 14.2. The lowest BCUT2D eigenvalue weighted by atomic mass is 10.0. The van der Waals surface area contributed by atoms with Gasteiger partial charge in [-0.15, -0.1) is 5.10 Å². The van der Waals surface area contributed by atoms with Gasteiger partial charge in [-0.05, 0) is 32.4 Å². The Morgan fingerprint density at radius 2 is 2.11 bits per heavy atom. The van der Waals surface area contributed by atoms with E-state index in [9.17, 15) is 9.50 Å². The van der Waals surface area contributed by atoms with Crippen LogP contribution in [0.1, 0.15) is 32.4 Å². The third kappa shape index (κ3) is 2.93. The lowest BCUT2D eigenvalue weighted by Gasteiger charge is -2.23. The van der Waals surface area contributed by atoms with E-state index in [4.69, 9.17) is 0 Å². The van der Waals surface area contributed by atoms with Gasteiger partial charge in [0.15, 0.2) is 0 Å². The number of aryl methyl sites for hydroxylation is 1. The van der Waals surface area contributed by atoms with Gasteiger partial charge in [0.05, 0.1) is 17.0 Å². The van der Waals surface area contributed by atoms with Crippen molar-refractivity contribution in [3.05, 3.63) is 29.7 Å². The van der Waals surface area contributed by atoms with Gasteiger partial charge in [-0.2, -0.15) is 4.39 Å². The van der Waals surface area contributed by atoms with Gasteiger partial charge in [-0.25, -0.2) is 0 Å². The van der Waals surface area contributed by atoms with Crippen molar-refractivity contribution in [1.82, 2.24) is 15.1 Å². The van der Waals surface area contributed by atoms with Gasteiger partial charge in [0.1, 0.15) is 0 Å². The summed E-state index contributed by atoms with van der Waals surface area (Å²) in [6.07, 6.45) is -0.762. The first-order valence-corrected chi connectivity index (χ1v) is 6.34. The molecule has 2 aromatic rings. The summed E-state index contributed by atoms with van der Waals surface area (Å²) in [5.41, 5.74) is 1.16. The van der Waals surface area contributed by atoms with E-state index in [0.717, 1.165) is 0 Å². The molecule has 2 rings (SSSR count). The van der Waals surface area contributed by atoms with Crippen LogP contribution < -0.4 is 5.32 Å². The number of aliphatic hydroxyl groups is 1. The second-order valence-corrected chi connectivity index (χ2v) is 5.80. The zero-order valence-corrected chi connectivity index (χ0v) is 11.7. The Hall–Kier alpha value is -1.46. The Labute approximate surface area is 112 Å². The summed E-state index contributed by atoms with van der Waals surface area (Å²) in [4.78, 5) is 0. The summed E-state index contributed by atoms with van der Waals surface area (Å²) in [6, 6.07) is 5.33. The predicted octanol–water partition coefficient (Wildman–Crippen LogP) is 2.13. The fraction of sp³-hybridized carbons (Fsp3) is 0.500. The molecule has 1 aromatic carbocycles. The van der Waals surface area contributed by atoms with Crippen molar-refractivity contribution in [2.45, 2.75) is 32.4 Å². The summed E-state index contributed by atoms with van der Waals surface area (Å²) in [6.45, 7) is 6.43. The molecule has 5 heteroatoms. The second-order valence-electron chi connectivity index (χ2n) is 5.80. The molecule has 4 nitrogen and oxygen atoms in total. The van der Waals surface area contributed by atoms with E-state index in [1.54, 1.807) is 25.2 Å². The molecule has 0 aliphatic rings. The van der Waals surface area contributed by atoms with Crippen molar-refractivity contribution in [1.29, 1.82) is 0 Å². The first kappa shape index (κ1) is 14.0. The molecule has 0 aliphatic heterocycles. The van der Waals surface area contributed by atoms with Crippen LogP contribution in [0.5, 0.6) is 0 Å². The Balaban J connectivity index is 2.34. The van der Waals surface area contributed by atoms with Crippen LogP contribution in [0.25, 0.3) is 10.9 Å². The third-order valence-corrected chi connectivity index (χ3v) is 3.05. The molecule has 1 atom stereocenters. The predicted molar refractivity (Wildman–Crippen MR) is 73.4 cm³/mol. The highest BCUT2D eigenvalue weighted by atomic mass is 19.1. The van der Waals surface area contributed by atoms with Crippen molar-refractivity contribution in [3.8, 4) is 0 Å². The van der Waals surface area contributed by atoms with Crippen molar-refractivity contribution in [3.63, 3.8) is 0 Å². The average Bonchev–Trinajstić information content (AvgIpc) is 2.61. The van der Waals surface area contributed by atoms with Crippen LogP contribution in [-0.4, -0.2) is 27.0 Å². The maximum atomic E-state index is 13.8. The maximum absolute atomic E-state index is 13.8. The molecular formula is C14H20FN3O. The highest BCUT2D eigenvalue weighted by Gasteiger charge is 2.19. The maximum Gasteiger partial charge on any atom is 0.240 e. The summed E-state index contributed by atoms with van der Waals surface area (Å²) in [5, 5.41) is 17.6. The minimum absolute atomic E-state index is 0.0949. The van der Waals surface area contributed by atoms with E-state index in [0.29, 0.717) is 23.0 Å². The standard InChI is InChI=1S/C14H20FN3O/c1-14(2,3)16-8-11(19)9-6-5-7-10-12(9)13(15)17-18(10)4/h5-7,11,16,19H,8H2,1-4H3/t11-/m0/s1. The summed E-state index contributed by atoms with van der Waals surface area (Å²) in [5.74, 6) is -0.539. The topological polar surface area (TPSA) is 50.1 Å². The summed E-state index contributed by atoms with van der Waals surface area (Å²) in [7, 11) is 1.69. The summed E-state index contributed by atoms with van der Waals surface area (Å²) >= 11 is 0. The number of hydrogen-bond acceptors (Lipinski definition) is 3. The monoisotopic (exact) mass is 265 g/mol. The van der Waals surface area contributed by atoms with Gasteiger partial charge in [-0.1, -0.05) is 12.1 Å². The minimum atomic E-state index is -0.762. The smallest absolute Gasteiger partial charge is 0.240 e. The molecule has 19 heavy (non-hydrogen) atoms. The number of benzene rings is 1. The van der Waals surface area contributed by atoms with Crippen LogP contribution in [0, 0.1) is 5.95 Å². The zero-order valence-electron chi connectivity index (χ0n) is 11.7. The molecule has 0 amide bonds. The first-order chi connectivity index (χ1) is 8.79. The molecule has 0 fully saturated rings. The number of β-amino-alcohol motifs (C(OH)–C–C–N with tert-alkyl or cyclic N) is 1. The molecule has 0 spiro atoms. The number of halogens is 1. The van der Waals surface area contributed by atoms with E-state index in [1.165, 1.54) is 4.68 Å². The molecule has 2 N–H and O–H groups in total. The number of hydrogen-bond donors (Lipinski definition) is 2. The molecule has 0 saturated carbocycles. The fourth-order valence-electron chi connectivity index (χ4n) is 2.08. The lowest BCUT2D eigenvalue weighted by molar-refractivity contribution is 0.164. The van der Waals surface area contributed by atoms with Gasteiger partial charge in [0.25, 0.3) is 0 Å². The highest BCUT2D eigenvalue weighted by molar-refractivity contribution is 5.83. The van der Waals surface area contributed by atoms with Crippen molar-refractivity contribution < 1.29 is 9.50 Å². The third-order valence-electron chi connectivity index (χ3n) is 3.05. The molecule has 104 valence electrons. The number of rotatable bonds is 3.